The molecule has 9 heteroatoms. The number of rotatable bonds is 6. The van der Waals surface area contributed by atoms with Gasteiger partial charge in [-0.1, -0.05) is 11.6 Å². The number of nitrogens with one attached hydrogen (secondary N) is 2. The molecule has 25 heavy (non-hydrogen) atoms. The van der Waals surface area contributed by atoms with Crippen molar-refractivity contribution in [2.75, 3.05) is 25.6 Å². The summed E-state index contributed by atoms with van der Waals surface area (Å²) in [5, 5.41) is 5.03. The van der Waals surface area contributed by atoms with Crippen LogP contribution >= 0.6 is 11.6 Å². The van der Waals surface area contributed by atoms with Gasteiger partial charge in [-0.3, -0.25) is 4.79 Å². The fourth-order valence-electron chi connectivity index (χ4n) is 1.95. The molecule has 1 aromatic heterocycles. The van der Waals surface area contributed by atoms with Gasteiger partial charge in [0.25, 0.3) is 5.91 Å². The summed E-state index contributed by atoms with van der Waals surface area (Å²) >= 11 is 5.58. The molecule has 0 saturated carbocycles. The molecule has 1 amide bonds. The Labute approximate surface area is 147 Å². The molecule has 134 valence electrons. The van der Waals surface area contributed by atoms with E-state index in [0.717, 1.165) is 12.1 Å². The highest BCUT2D eigenvalue weighted by molar-refractivity contribution is 6.31. The van der Waals surface area contributed by atoms with E-state index in [2.05, 4.69) is 15.6 Å². The van der Waals surface area contributed by atoms with Crippen molar-refractivity contribution in [2.45, 2.75) is 6.18 Å². The fraction of sp³-hybridized carbons (Fsp3) is 0.250. The number of anilines is 2. The molecule has 0 saturated heterocycles. The van der Waals surface area contributed by atoms with Crippen LogP contribution in [0.3, 0.4) is 0 Å². The summed E-state index contributed by atoms with van der Waals surface area (Å²) in [6.07, 6.45) is -3.19. The predicted octanol–water partition coefficient (Wildman–Crippen LogP) is 3.87. The number of halogens is 4. The van der Waals surface area contributed by atoms with Crippen LogP contribution < -0.4 is 10.6 Å². The first-order chi connectivity index (χ1) is 11.8. The lowest BCUT2D eigenvalue weighted by Gasteiger charge is -2.12. The lowest BCUT2D eigenvalue weighted by Crippen LogP contribution is -2.27. The van der Waals surface area contributed by atoms with Crippen LogP contribution in [0.2, 0.25) is 5.02 Å². The average molecular weight is 374 g/mol. The van der Waals surface area contributed by atoms with E-state index in [-0.39, 0.29) is 22.3 Å². The van der Waals surface area contributed by atoms with Crippen molar-refractivity contribution < 1.29 is 22.7 Å². The van der Waals surface area contributed by atoms with Crippen molar-refractivity contribution in [3.63, 3.8) is 0 Å². The quantitative estimate of drug-likeness (QED) is 0.754. The Morgan fingerprint density at radius 1 is 1.24 bits per heavy atom. The van der Waals surface area contributed by atoms with E-state index < -0.39 is 11.7 Å². The highest BCUT2D eigenvalue weighted by Crippen LogP contribution is 2.36. The maximum Gasteiger partial charge on any atom is 0.417 e. The predicted molar refractivity (Wildman–Crippen MR) is 88.2 cm³/mol. The van der Waals surface area contributed by atoms with E-state index in [1.54, 1.807) is 6.07 Å². The van der Waals surface area contributed by atoms with E-state index in [9.17, 15) is 18.0 Å². The first-order valence-electron chi connectivity index (χ1n) is 7.18. The summed E-state index contributed by atoms with van der Waals surface area (Å²) in [5.74, 6) is -0.366. The smallest absolute Gasteiger partial charge is 0.383 e. The summed E-state index contributed by atoms with van der Waals surface area (Å²) in [4.78, 5) is 15.8. The van der Waals surface area contributed by atoms with Gasteiger partial charge in [-0.25, -0.2) is 4.98 Å². The molecule has 2 rings (SSSR count). The maximum absolute atomic E-state index is 12.9. The van der Waals surface area contributed by atoms with Gasteiger partial charge < -0.3 is 15.4 Å². The molecule has 0 aliphatic rings. The van der Waals surface area contributed by atoms with Crippen LogP contribution in [0.4, 0.5) is 24.5 Å². The number of benzene rings is 1. The third-order valence-corrected chi connectivity index (χ3v) is 3.48. The standard InChI is InChI=1S/C16H15ClF3N3O2/c1-25-7-6-21-15(24)14-5-3-11(9-22-14)23-10-2-4-13(17)12(8-10)16(18,19)20/h2-5,8-9,23H,6-7H2,1H3,(H,21,24). The van der Waals surface area contributed by atoms with Gasteiger partial charge in [0.15, 0.2) is 0 Å². The number of pyridine rings is 1. The summed E-state index contributed by atoms with van der Waals surface area (Å²) < 4.78 is 43.4. The highest BCUT2D eigenvalue weighted by Gasteiger charge is 2.33. The fourth-order valence-corrected chi connectivity index (χ4v) is 2.17. The zero-order valence-corrected chi connectivity index (χ0v) is 13.9. The van der Waals surface area contributed by atoms with E-state index >= 15 is 0 Å². The Bertz CT molecular complexity index is 736. The van der Waals surface area contributed by atoms with Gasteiger partial charge in [0.2, 0.25) is 0 Å². The molecule has 0 aliphatic heterocycles. The van der Waals surface area contributed by atoms with Crippen molar-refractivity contribution in [1.29, 1.82) is 0 Å². The minimum atomic E-state index is -4.54. The number of amides is 1. The van der Waals surface area contributed by atoms with E-state index in [4.69, 9.17) is 16.3 Å². The van der Waals surface area contributed by atoms with E-state index in [0.29, 0.717) is 18.8 Å². The number of ether oxygens (including phenoxy) is 1. The van der Waals surface area contributed by atoms with Gasteiger partial charge in [0.1, 0.15) is 5.69 Å². The number of methoxy groups -OCH3 is 1. The molecular formula is C16H15ClF3N3O2. The number of nitrogens with zero attached hydrogens (tertiary/aromatic N) is 1. The van der Waals surface area contributed by atoms with Crippen LogP contribution in [0.5, 0.6) is 0 Å². The molecule has 1 heterocycles. The zero-order valence-electron chi connectivity index (χ0n) is 13.2. The Balaban J connectivity index is 2.08. The van der Waals surface area contributed by atoms with Crippen LogP contribution in [-0.4, -0.2) is 31.2 Å². The van der Waals surface area contributed by atoms with Gasteiger partial charge in [-0.15, -0.1) is 0 Å². The van der Waals surface area contributed by atoms with Gasteiger partial charge in [0, 0.05) is 19.3 Å². The van der Waals surface area contributed by atoms with Crippen LogP contribution in [0, 0.1) is 0 Å². The summed E-state index contributed by atoms with van der Waals surface area (Å²) in [7, 11) is 1.52. The normalized spacial score (nSPS) is 11.2. The highest BCUT2D eigenvalue weighted by atomic mass is 35.5. The maximum atomic E-state index is 12.9. The summed E-state index contributed by atoms with van der Waals surface area (Å²) in [6.45, 7) is 0.728. The zero-order chi connectivity index (χ0) is 18.4. The summed E-state index contributed by atoms with van der Waals surface area (Å²) in [6, 6.07) is 6.50. The lowest BCUT2D eigenvalue weighted by atomic mass is 10.2. The number of carbonyl (C=O) groups excluding carboxylic acids is 1. The van der Waals surface area contributed by atoms with Crippen LogP contribution in [-0.2, 0) is 10.9 Å². The lowest BCUT2D eigenvalue weighted by molar-refractivity contribution is -0.137. The van der Waals surface area contributed by atoms with Crippen molar-refractivity contribution >= 4 is 28.9 Å². The number of hydrogen-bond donors (Lipinski definition) is 2. The van der Waals surface area contributed by atoms with Crippen molar-refractivity contribution in [2.24, 2.45) is 0 Å². The van der Waals surface area contributed by atoms with Gasteiger partial charge in [0.05, 0.1) is 29.1 Å². The molecule has 0 radical (unpaired) electrons. The van der Waals surface area contributed by atoms with Crippen LogP contribution in [0.25, 0.3) is 0 Å². The van der Waals surface area contributed by atoms with Gasteiger partial charge >= 0.3 is 6.18 Å². The largest absolute Gasteiger partial charge is 0.417 e. The molecule has 2 aromatic rings. The number of hydrogen-bond acceptors (Lipinski definition) is 4. The van der Waals surface area contributed by atoms with E-state index in [1.165, 1.54) is 25.4 Å². The minimum Gasteiger partial charge on any atom is -0.383 e. The van der Waals surface area contributed by atoms with Crippen molar-refractivity contribution in [1.82, 2.24) is 10.3 Å². The van der Waals surface area contributed by atoms with Crippen molar-refractivity contribution in [3.05, 3.63) is 52.8 Å². The second kappa shape index (κ2) is 8.17. The Morgan fingerprint density at radius 2 is 1.96 bits per heavy atom. The Kier molecular flexibility index (Phi) is 6.22. The average Bonchev–Trinajstić information content (AvgIpc) is 2.56. The molecule has 0 atom stereocenters. The monoisotopic (exact) mass is 373 g/mol. The van der Waals surface area contributed by atoms with Crippen LogP contribution in [0.1, 0.15) is 16.1 Å². The molecule has 5 nitrogen and oxygen atoms in total. The third kappa shape index (κ3) is 5.33. The number of carbonyl (C=O) groups is 1. The molecular weight excluding hydrogens is 359 g/mol. The molecule has 0 fully saturated rings. The van der Waals surface area contributed by atoms with Crippen molar-refractivity contribution in [3.8, 4) is 0 Å². The molecule has 0 spiro atoms. The third-order valence-electron chi connectivity index (χ3n) is 3.15. The molecule has 1 aromatic carbocycles. The molecule has 0 unspecified atom stereocenters. The van der Waals surface area contributed by atoms with E-state index in [1.807, 2.05) is 0 Å². The molecule has 2 N–H and O–H groups in total. The topological polar surface area (TPSA) is 63.2 Å². The van der Waals surface area contributed by atoms with Gasteiger partial charge in [-0.05, 0) is 30.3 Å². The minimum absolute atomic E-state index is 0.189. The first kappa shape index (κ1) is 19.0. The van der Waals surface area contributed by atoms with Crippen LogP contribution in [0.15, 0.2) is 36.5 Å². The first-order valence-corrected chi connectivity index (χ1v) is 7.56. The second-order valence-corrected chi connectivity index (χ2v) is 5.41. The SMILES string of the molecule is COCCNC(=O)c1ccc(Nc2ccc(Cl)c(C(F)(F)F)c2)cn1. The second-order valence-electron chi connectivity index (χ2n) is 5.00. The number of aromatic nitrogens is 1. The Hall–Kier alpha value is -2.32. The Morgan fingerprint density at radius 3 is 2.56 bits per heavy atom. The molecule has 0 bridgehead atoms. The molecule has 0 aliphatic carbocycles. The van der Waals surface area contributed by atoms with Gasteiger partial charge in [-0.2, -0.15) is 13.2 Å². The summed E-state index contributed by atoms with van der Waals surface area (Å²) in [5.41, 5.74) is -0.102. The number of alkyl halides is 3.